The highest BCUT2D eigenvalue weighted by Crippen LogP contribution is 2.43. The van der Waals surface area contributed by atoms with Crippen LogP contribution in [0.15, 0.2) is 43.0 Å². The summed E-state index contributed by atoms with van der Waals surface area (Å²) in [5.74, 6) is 0. The van der Waals surface area contributed by atoms with E-state index in [4.69, 9.17) is 0 Å². The zero-order chi connectivity index (χ0) is 10.9. The monoisotopic (exact) mass is 201 g/mol. The molecule has 80 valence electrons. The van der Waals surface area contributed by atoms with E-state index < -0.39 is 0 Å². The maximum atomic E-state index is 3.82. The largest absolute Gasteiger partial charge is 0.287 e. The van der Waals surface area contributed by atoms with Crippen molar-refractivity contribution in [1.29, 1.82) is 0 Å². The van der Waals surface area contributed by atoms with Crippen molar-refractivity contribution >= 4 is 0 Å². The van der Waals surface area contributed by atoms with Gasteiger partial charge in [0, 0.05) is 18.1 Å². The van der Waals surface area contributed by atoms with Crippen LogP contribution in [0.5, 0.6) is 0 Å². The van der Waals surface area contributed by atoms with Crippen LogP contribution in [0.4, 0.5) is 0 Å². The molecule has 1 heteroatoms. The van der Waals surface area contributed by atoms with Crippen LogP contribution in [0.25, 0.3) is 0 Å². The zero-order valence-electron chi connectivity index (χ0n) is 9.61. The van der Waals surface area contributed by atoms with Gasteiger partial charge in [0.1, 0.15) is 0 Å². The lowest BCUT2D eigenvalue weighted by atomic mass is 10.1. The standard InChI is InChI=1S/C14H19N/c1-4-8-13-14(2,3)15(13)11-12-9-6-5-7-10-12/h4-7,9-10,13H,1,8,11H2,2-3H3. The highest BCUT2D eigenvalue weighted by atomic mass is 15.4. The molecule has 2 rings (SSSR count). The van der Waals surface area contributed by atoms with E-state index in [1.807, 2.05) is 6.08 Å². The fraction of sp³-hybridized carbons (Fsp3) is 0.429. The summed E-state index contributed by atoms with van der Waals surface area (Å²) < 4.78 is 0. The normalized spacial score (nSPS) is 27.3. The lowest BCUT2D eigenvalue weighted by Gasteiger charge is -2.05. The molecular weight excluding hydrogens is 182 g/mol. The molecule has 1 heterocycles. The molecule has 0 aliphatic carbocycles. The van der Waals surface area contributed by atoms with Crippen LogP contribution < -0.4 is 0 Å². The van der Waals surface area contributed by atoms with Gasteiger partial charge in [-0.1, -0.05) is 36.4 Å². The summed E-state index contributed by atoms with van der Waals surface area (Å²) in [6, 6.07) is 11.3. The van der Waals surface area contributed by atoms with Crippen molar-refractivity contribution < 1.29 is 0 Å². The van der Waals surface area contributed by atoms with Crippen molar-refractivity contribution in [3.8, 4) is 0 Å². The third kappa shape index (κ3) is 1.98. The van der Waals surface area contributed by atoms with Gasteiger partial charge in [-0.3, -0.25) is 4.90 Å². The maximum absolute atomic E-state index is 3.82. The Balaban J connectivity index is 2.00. The number of nitrogens with zero attached hydrogens (tertiary/aromatic N) is 1. The molecule has 0 amide bonds. The van der Waals surface area contributed by atoms with E-state index in [9.17, 15) is 0 Å². The number of hydrogen-bond donors (Lipinski definition) is 0. The summed E-state index contributed by atoms with van der Waals surface area (Å²) >= 11 is 0. The minimum atomic E-state index is 0.351. The second-order valence-corrected chi connectivity index (χ2v) is 4.81. The number of hydrogen-bond acceptors (Lipinski definition) is 1. The molecule has 1 nitrogen and oxygen atoms in total. The Labute approximate surface area is 92.4 Å². The van der Waals surface area contributed by atoms with Crippen molar-refractivity contribution in [1.82, 2.24) is 4.90 Å². The molecule has 0 N–H and O–H groups in total. The molecule has 0 radical (unpaired) electrons. The van der Waals surface area contributed by atoms with Crippen LogP contribution in [0.3, 0.4) is 0 Å². The summed E-state index contributed by atoms with van der Waals surface area (Å²) in [6.07, 6.45) is 3.12. The van der Waals surface area contributed by atoms with Crippen LogP contribution in [0, 0.1) is 0 Å². The van der Waals surface area contributed by atoms with Crippen LogP contribution in [0.1, 0.15) is 25.8 Å². The average molecular weight is 201 g/mol. The van der Waals surface area contributed by atoms with E-state index >= 15 is 0 Å². The molecule has 2 unspecified atom stereocenters. The van der Waals surface area contributed by atoms with Gasteiger partial charge in [-0.25, -0.2) is 0 Å². The summed E-state index contributed by atoms with van der Waals surface area (Å²) in [5, 5.41) is 0. The Bertz CT molecular complexity index is 340. The lowest BCUT2D eigenvalue weighted by Crippen LogP contribution is -2.08. The molecular formula is C14H19N. The lowest BCUT2D eigenvalue weighted by molar-refractivity contribution is 0.429. The predicted molar refractivity (Wildman–Crippen MR) is 64.7 cm³/mol. The Kier molecular flexibility index (Phi) is 2.66. The van der Waals surface area contributed by atoms with Crippen molar-refractivity contribution in [3.63, 3.8) is 0 Å². The van der Waals surface area contributed by atoms with Crippen LogP contribution in [0.2, 0.25) is 0 Å². The van der Waals surface area contributed by atoms with Gasteiger partial charge in [-0.15, -0.1) is 6.58 Å². The van der Waals surface area contributed by atoms with Gasteiger partial charge in [-0.2, -0.15) is 0 Å². The van der Waals surface area contributed by atoms with E-state index in [0.717, 1.165) is 13.0 Å². The van der Waals surface area contributed by atoms with Crippen LogP contribution in [-0.4, -0.2) is 16.5 Å². The topological polar surface area (TPSA) is 3.01 Å². The smallest absolute Gasteiger partial charge is 0.0319 e. The van der Waals surface area contributed by atoms with Gasteiger partial charge in [0.2, 0.25) is 0 Å². The first-order valence-corrected chi connectivity index (χ1v) is 5.58. The first kappa shape index (κ1) is 10.4. The Morgan fingerprint density at radius 3 is 2.60 bits per heavy atom. The highest BCUT2D eigenvalue weighted by molar-refractivity contribution is 5.20. The van der Waals surface area contributed by atoms with Crippen LogP contribution in [-0.2, 0) is 6.54 Å². The van der Waals surface area contributed by atoms with E-state index in [1.165, 1.54) is 5.56 Å². The summed E-state index contributed by atoms with van der Waals surface area (Å²) in [6.45, 7) is 9.50. The van der Waals surface area contributed by atoms with E-state index in [-0.39, 0.29) is 0 Å². The van der Waals surface area contributed by atoms with E-state index in [1.54, 1.807) is 0 Å². The van der Waals surface area contributed by atoms with Gasteiger partial charge in [0.15, 0.2) is 0 Å². The second kappa shape index (κ2) is 3.82. The molecule has 0 saturated carbocycles. The molecule has 1 fully saturated rings. The maximum Gasteiger partial charge on any atom is 0.0319 e. The number of rotatable bonds is 4. The molecule has 2 atom stereocenters. The number of benzene rings is 1. The molecule has 1 aliphatic rings. The predicted octanol–water partition coefficient (Wildman–Crippen LogP) is 3.23. The van der Waals surface area contributed by atoms with Crippen molar-refractivity contribution in [2.45, 2.75) is 38.4 Å². The molecule has 1 aromatic carbocycles. The van der Waals surface area contributed by atoms with Gasteiger partial charge < -0.3 is 0 Å². The minimum Gasteiger partial charge on any atom is -0.287 e. The summed E-state index contributed by atoms with van der Waals surface area (Å²) in [5.41, 5.74) is 1.75. The SMILES string of the molecule is C=CCC1N(Cc2ccccc2)C1(C)C. The van der Waals surface area contributed by atoms with Gasteiger partial charge in [0.25, 0.3) is 0 Å². The first-order valence-electron chi connectivity index (χ1n) is 5.58. The minimum absolute atomic E-state index is 0.351. The molecule has 0 bridgehead atoms. The first-order chi connectivity index (χ1) is 7.16. The average Bonchev–Trinajstić information content (AvgIpc) is 2.72. The quantitative estimate of drug-likeness (QED) is 0.534. The Morgan fingerprint density at radius 1 is 1.33 bits per heavy atom. The van der Waals surface area contributed by atoms with Gasteiger partial charge in [-0.05, 0) is 25.8 Å². The second-order valence-electron chi connectivity index (χ2n) is 4.81. The van der Waals surface area contributed by atoms with E-state index in [2.05, 4.69) is 55.7 Å². The molecule has 1 aromatic rings. The highest BCUT2D eigenvalue weighted by Gasteiger charge is 2.53. The fourth-order valence-corrected chi connectivity index (χ4v) is 2.32. The molecule has 15 heavy (non-hydrogen) atoms. The summed E-state index contributed by atoms with van der Waals surface area (Å²) in [7, 11) is 0. The van der Waals surface area contributed by atoms with Crippen molar-refractivity contribution in [3.05, 3.63) is 48.6 Å². The van der Waals surface area contributed by atoms with Crippen molar-refractivity contribution in [2.75, 3.05) is 0 Å². The fourth-order valence-electron chi connectivity index (χ4n) is 2.32. The van der Waals surface area contributed by atoms with Crippen molar-refractivity contribution in [2.24, 2.45) is 0 Å². The van der Waals surface area contributed by atoms with Gasteiger partial charge in [0.05, 0.1) is 0 Å². The Morgan fingerprint density at radius 2 is 2.00 bits per heavy atom. The van der Waals surface area contributed by atoms with Gasteiger partial charge >= 0.3 is 0 Å². The molecule has 0 aromatic heterocycles. The molecule has 1 saturated heterocycles. The van der Waals surface area contributed by atoms with Crippen LogP contribution >= 0.6 is 0 Å². The Hall–Kier alpha value is -1.08. The van der Waals surface area contributed by atoms with E-state index in [0.29, 0.717) is 11.6 Å². The third-order valence-electron chi connectivity index (χ3n) is 3.45. The molecule has 1 aliphatic heterocycles. The summed E-state index contributed by atoms with van der Waals surface area (Å²) in [4.78, 5) is 2.53. The molecule has 0 spiro atoms. The third-order valence-corrected chi connectivity index (χ3v) is 3.45. The zero-order valence-corrected chi connectivity index (χ0v) is 9.61.